The van der Waals surface area contributed by atoms with Gasteiger partial charge in [0.2, 0.25) is 5.56 Å². The lowest BCUT2D eigenvalue weighted by Crippen LogP contribution is -2.04. The molecular formula is C15H11ClN2O2. The molecule has 0 spiro atoms. The van der Waals surface area contributed by atoms with Crippen molar-refractivity contribution in [3.63, 3.8) is 0 Å². The summed E-state index contributed by atoms with van der Waals surface area (Å²) in [6.07, 6.45) is 1.69. The van der Waals surface area contributed by atoms with Gasteiger partial charge in [-0.1, -0.05) is 11.6 Å². The molecule has 1 aromatic carbocycles. The van der Waals surface area contributed by atoms with E-state index in [0.29, 0.717) is 21.8 Å². The van der Waals surface area contributed by atoms with Gasteiger partial charge in [-0.2, -0.15) is 0 Å². The number of methoxy groups -OCH3 is 1. The molecule has 0 amide bonds. The van der Waals surface area contributed by atoms with Crippen molar-refractivity contribution in [3.8, 4) is 16.9 Å². The minimum atomic E-state index is -0.170. The van der Waals surface area contributed by atoms with Gasteiger partial charge < -0.3 is 9.72 Å². The van der Waals surface area contributed by atoms with Crippen LogP contribution in [0.1, 0.15) is 0 Å². The van der Waals surface area contributed by atoms with Gasteiger partial charge in [0, 0.05) is 23.4 Å². The SMILES string of the molecule is COc1ccc(-c2ccnc3ccc(=O)[nH]c23)c(Cl)c1. The molecule has 0 saturated carbocycles. The molecule has 100 valence electrons. The molecule has 3 rings (SSSR count). The maximum Gasteiger partial charge on any atom is 0.248 e. The molecule has 0 aliphatic carbocycles. The summed E-state index contributed by atoms with van der Waals surface area (Å²) in [5, 5.41) is 0.557. The molecule has 0 fully saturated rings. The van der Waals surface area contributed by atoms with Crippen molar-refractivity contribution in [2.75, 3.05) is 7.11 Å². The number of fused-ring (bicyclic) bond motifs is 1. The van der Waals surface area contributed by atoms with Crippen LogP contribution in [0.15, 0.2) is 47.4 Å². The number of aromatic nitrogens is 2. The smallest absolute Gasteiger partial charge is 0.248 e. The number of hydrogen-bond donors (Lipinski definition) is 1. The van der Waals surface area contributed by atoms with Crippen molar-refractivity contribution in [3.05, 3.63) is 58.0 Å². The summed E-state index contributed by atoms with van der Waals surface area (Å²) in [6.45, 7) is 0. The molecule has 4 nitrogen and oxygen atoms in total. The fraction of sp³-hybridized carbons (Fsp3) is 0.0667. The van der Waals surface area contributed by atoms with Crippen LogP contribution in [-0.4, -0.2) is 17.1 Å². The molecule has 5 heteroatoms. The number of ether oxygens (including phenoxy) is 1. The standard InChI is InChI=1S/C15H11ClN2O2/c1-20-9-2-3-10(12(16)8-9)11-6-7-17-13-4-5-14(19)18-15(11)13/h2-8H,1H3,(H,18,19). The van der Waals surface area contributed by atoms with E-state index in [4.69, 9.17) is 16.3 Å². The zero-order valence-corrected chi connectivity index (χ0v) is 11.4. The Kier molecular flexibility index (Phi) is 3.16. The van der Waals surface area contributed by atoms with Crippen LogP contribution >= 0.6 is 11.6 Å². The number of H-pyrrole nitrogens is 1. The van der Waals surface area contributed by atoms with Crippen LogP contribution in [-0.2, 0) is 0 Å². The first-order valence-electron chi connectivity index (χ1n) is 6.01. The minimum absolute atomic E-state index is 0.170. The van der Waals surface area contributed by atoms with Gasteiger partial charge in [0.1, 0.15) is 5.75 Å². The molecule has 0 aliphatic heterocycles. The van der Waals surface area contributed by atoms with Gasteiger partial charge in [0.15, 0.2) is 0 Å². The first kappa shape index (κ1) is 12.7. The molecule has 3 aromatic rings. The minimum Gasteiger partial charge on any atom is -0.497 e. The summed E-state index contributed by atoms with van der Waals surface area (Å²) in [6, 6.07) is 10.4. The normalized spacial score (nSPS) is 10.7. The van der Waals surface area contributed by atoms with Crippen LogP contribution in [0.5, 0.6) is 5.75 Å². The largest absolute Gasteiger partial charge is 0.497 e. The number of nitrogens with one attached hydrogen (secondary N) is 1. The van der Waals surface area contributed by atoms with Gasteiger partial charge in [0.25, 0.3) is 0 Å². The number of halogens is 1. The Morgan fingerprint density at radius 2 is 2.00 bits per heavy atom. The third-order valence-corrected chi connectivity index (χ3v) is 3.40. The molecule has 1 N–H and O–H groups in total. The zero-order valence-electron chi connectivity index (χ0n) is 10.7. The molecular weight excluding hydrogens is 276 g/mol. The molecule has 0 unspecified atom stereocenters. The summed E-state index contributed by atoms with van der Waals surface area (Å²) < 4.78 is 5.14. The fourth-order valence-corrected chi connectivity index (χ4v) is 2.39. The van der Waals surface area contributed by atoms with Crippen LogP contribution in [0, 0.1) is 0 Å². The number of hydrogen-bond acceptors (Lipinski definition) is 3. The number of pyridine rings is 2. The summed E-state index contributed by atoms with van der Waals surface area (Å²) >= 11 is 6.29. The van der Waals surface area contributed by atoms with Crippen molar-refractivity contribution < 1.29 is 4.74 Å². The van der Waals surface area contributed by atoms with Crippen molar-refractivity contribution in [2.24, 2.45) is 0 Å². The second-order valence-corrected chi connectivity index (χ2v) is 4.69. The van der Waals surface area contributed by atoms with E-state index >= 15 is 0 Å². The predicted octanol–water partition coefficient (Wildman–Crippen LogP) is 3.25. The lowest BCUT2D eigenvalue weighted by molar-refractivity contribution is 0.415. The lowest BCUT2D eigenvalue weighted by Gasteiger charge is -2.09. The highest BCUT2D eigenvalue weighted by Gasteiger charge is 2.10. The van der Waals surface area contributed by atoms with E-state index < -0.39 is 0 Å². The third kappa shape index (κ3) is 2.14. The number of rotatable bonds is 2. The second-order valence-electron chi connectivity index (χ2n) is 4.29. The van der Waals surface area contributed by atoms with E-state index in [9.17, 15) is 4.79 Å². The number of benzene rings is 1. The van der Waals surface area contributed by atoms with E-state index in [0.717, 1.165) is 11.1 Å². The Morgan fingerprint density at radius 1 is 1.15 bits per heavy atom. The van der Waals surface area contributed by atoms with Crippen molar-refractivity contribution in [1.29, 1.82) is 0 Å². The third-order valence-electron chi connectivity index (χ3n) is 3.09. The molecule has 2 aromatic heterocycles. The van der Waals surface area contributed by atoms with Crippen molar-refractivity contribution in [2.45, 2.75) is 0 Å². The van der Waals surface area contributed by atoms with Crippen molar-refractivity contribution in [1.82, 2.24) is 9.97 Å². The van der Waals surface area contributed by atoms with Gasteiger partial charge >= 0.3 is 0 Å². The molecule has 0 bridgehead atoms. The van der Waals surface area contributed by atoms with Crippen LogP contribution in [0.4, 0.5) is 0 Å². The maximum atomic E-state index is 11.5. The summed E-state index contributed by atoms with van der Waals surface area (Å²) in [5.41, 5.74) is 2.87. The zero-order chi connectivity index (χ0) is 14.1. The molecule has 0 radical (unpaired) electrons. The maximum absolute atomic E-state index is 11.5. The molecule has 0 aliphatic rings. The Morgan fingerprint density at radius 3 is 2.75 bits per heavy atom. The van der Waals surface area contributed by atoms with E-state index in [1.54, 1.807) is 25.4 Å². The number of nitrogens with zero attached hydrogens (tertiary/aromatic N) is 1. The van der Waals surface area contributed by atoms with Gasteiger partial charge in [-0.3, -0.25) is 9.78 Å². The first-order valence-corrected chi connectivity index (χ1v) is 6.39. The monoisotopic (exact) mass is 286 g/mol. The topological polar surface area (TPSA) is 55.0 Å². The van der Waals surface area contributed by atoms with E-state index in [1.807, 2.05) is 18.2 Å². The van der Waals surface area contributed by atoms with Gasteiger partial charge in [0.05, 0.1) is 23.2 Å². The summed E-state index contributed by atoms with van der Waals surface area (Å²) in [4.78, 5) is 18.6. The molecule has 0 atom stereocenters. The Bertz CT molecular complexity index is 843. The highest BCUT2D eigenvalue weighted by atomic mass is 35.5. The molecule has 2 heterocycles. The van der Waals surface area contributed by atoms with Crippen LogP contribution in [0.3, 0.4) is 0 Å². The van der Waals surface area contributed by atoms with E-state index in [2.05, 4.69) is 9.97 Å². The van der Waals surface area contributed by atoms with E-state index in [1.165, 1.54) is 6.07 Å². The Hall–Kier alpha value is -2.33. The lowest BCUT2D eigenvalue weighted by atomic mass is 10.0. The first-order chi connectivity index (χ1) is 9.69. The van der Waals surface area contributed by atoms with Crippen LogP contribution < -0.4 is 10.3 Å². The average molecular weight is 287 g/mol. The van der Waals surface area contributed by atoms with Gasteiger partial charge in [-0.15, -0.1) is 0 Å². The Balaban J connectivity index is 2.29. The highest BCUT2D eigenvalue weighted by Crippen LogP contribution is 2.33. The van der Waals surface area contributed by atoms with Crippen LogP contribution in [0.2, 0.25) is 5.02 Å². The quantitative estimate of drug-likeness (QED) is 0.787. The van der Waals surface area contributed by atoms with Crippen LogP contribution in [0.25, 0.3) is 22.2 Å². The van der Waals surface area contributed by atoms with Gasteiger partial charge in [-0.25, -0.2) is 0 Å². The fourth-order valence-electron chi connectivity index (χ4n) is 2.12. The molecule has 20 heavy (non-hydrogen) atoms. The van der Waals surface area contributed by atoms with Crippen molar-refractivity contribution >= 4 is 22.6 Å². The summed E-state index contributed by atoms with van der Waals surface area (Å²) in [5.74, 6) is 0.686. The highest BCUT2D eigenvalue weighted by molar-refractivity contribution is 6.33. The average Bonchev–Trinajstić information content (AvgIpc) is 2.46. The molecule has 0 saturated heterocycles. The second kappa shape index (κ2) is 4.98. The predicted molar refractivity (Wildman–Crippen MR) is 79.4 cm³/mol. The summed E-state index contributed by atoms with van der Waals surface area (Å²) in [7, 11) is 1.59. The Labute approximate surface area is 120 Å². The van der Waals surface area contributed by atoms with E-state index in [-0.39, 0.29) is 5.56 Å². The number of aromatic amines is 1. The van der Waals surface area contributed by atoms with Gasteiger partial charge in [-0.05, 0) is 30.3 Å².